The summed E-state index contributed by atoms with van der Waals surface area (Å²) in [6.07, 6.45) is -0.892. The molecule has 3 N–H and O–H groups in total. The maximum Gasteiger partial charge on any atom is 0.408 e. The van der Waals surface area contributed by atoms with Crippen molar-refractivity contribution in [3.8, 4) is 6.07 Å². The highest BCUT2D eigenvalue weighted by atomic mass is 16.6. The van der Waals surface area contributed by atoms with Crippen LogP contribution in [-0.2, 0) is 14.3 Å². The first-order chi connectivity index (χ1) is 14.8. The van der Waals surface area contributed by atoms with Crippen molar-refractivity contribution in [3.63, 3.8) is 0 Å². The second-order valence-corrected chi connectivity index (χ2v) is 8.88. The molecule has 0 saturated heterocycles. The van der Waals surface area contributed by atoms with Gasteiger partial charge in [-0.3, -0.25) is 9.59 Å². The van der Waals surface area contributed by atoms with Gasteiger partial charge in [-0.2, -0.15) is 5.26 Å². The van der Waals surface area contributed by atoms with Crippen LogP contribution in [0.2, 0.25) is 0 Å². The van der Waals surface area contributed by atoms with Gasteiger partial charge in [-0.15, -0.1) is 0 Å². The number of nitrogens with zero attached hydrogens (tertiary/aromatic N) is 2. The molecule has 9 nitrogen and oxygen atoms in total. The van der Waals surface area contributed by atoms with E-state index in [4.69, 9.17) is 4.74 Å². The van der Waals surface area contributed by atoms with Crippen molar-refractivity contribution >= 4 is 17.9 Å². The molecular weight excluding hydrogens is 412 g/mol. The maximum absolute atomic E-state index is 13.4. The van der Waals surface area contributed by atoms with Crippen LogP contribution in [0, 0.1) is 25.2 Å². The monoisotopic (exact) mass is 446 g/mol. The third-order valence-corrected chi connectivity index (χ3v) is 4.50. The molecule has 1 aromatic rings. The number of hydrogen-bond acceptors (Lipinski definition) is 6. The summed E-state index contributed by atoms with van der Waals surface area (Å²) in [4.78, 5) is 39.8. The summed E-state index contributed by atoms with van der Waals surface area (Å²) in [7, 11) is 0. The van der Waals surface area contributed by atoms with Gasteiger partial charge in [0.1, 0.15) is 24.2 Å². The number of alkyl carbamates (subject to hydrolysis) is 1. The van der Waals surface area contributed by atoms with Crippen LogP contribution in [0.3, 0.4) is 0 Å². The molecule has 0 saturated carbocycles. The van der Waals surface area contributed by atoms with Crippen LogP contribution in [0.5, 0.6) is 0 Å². The minimum atomic E-state index is -1.39. The van der Waals surface area contributed by atoms with Crippen LogP contribution in [0.25, 0.3) is 0 Å². The highest BCUT2D eigenvalue weighted by molar-refractivity contribution is 5.92. The van der Waals surface area contributed by atoms with E-state index in [0.29, 0.717) is 5.56 Å². The number of carbonyl (C=O) groups is 3. The van der Waals surface area contributed by atoms with Gasteiger partial charge in [-0.05, 0) is 65.2 Å². The first kappa shape index (κ1) is 26.9. The van der Waals surface area contributed by atoms with Crippen molar-refractivity contribution in [1.82, 2.24) is 15.5 Å². The minimum Gasteiger partial charge on any atom is -0.444 e. The predicted molar refractivity (Wildman–Crippen MR) is 120 cm³/mol. The Balaban J connectivity index is 3.44. The molecule has 0 aliphatic heterocycles. The highest BCUT2D eigenvalue weighted by Crippen LogP contribution is 2.28. The smallest absolute Gasteiger partial charge is 0.408 e. The summed E-state index contributed by atoms with van der Waals surface area (Å²) < 4.78 is 5.17. The molecule has 0 fully saturated rings. The Bertz CT molecular complexity index is 850. The molecule has 2 atom stereocenters. The summed E-state index contributed by atoms with van der Waals surface area (Å²) in [5.41, 5.74) is 1.32. The normalized spacial score (nSPS) is 13.0. The number of rotatable bonds is 8. The molecule has 0 aliphatic carbocycles. The van der Waals surface area contributed by atoms with E-state index in [-0.39, 0.29) is 6.04 Å². The van der Waals surface area contributed by atoms with Crippen molar-refractivity contribution in [2.75, 3.05) is 13.2 Å². The lowest BCUT2D eigenvalue weighted by Crippen LogP contribution is -2.55. The second kappa shape index (κ2) is 11.5. The average Bonchev–Trinajstić information content (AvgIpc) is 2.65. The number of aryl methyl sites for hydroxylation is 2. The Labute approximate surface area is 189 Å². The van der Waals surface area contributed by atoms with E-state index in [9.17, 15) is 24.8 Å². The van der Waals surface area contributed by atoms with Crippen molar-refractivity contribution in [2.45, 2.75) is 72.2 Å². The number of aliphatic hydroxyl groups excluding tert-OH is 1. The fourth-order valence-corrected chi connectivity index (χ4v) is 3.26. The van der Waals surface area contributed by atoms with Gasteiger partial charge in [0.15, 0.2) is 0 Å². The summed E-state index contributed by atoms with van der Waals surface area (Å²) in [5, 5.41) is 24.4. The summed E-state index contributed by atoms with van der Waals surface area (Å²) >= 11 is 0. The van der Waals surface area contributed by atoms with Crippen LogP contribution < -0.4 is 10.6 Å². The Hall–Kier alpha value is -3.12. The molecule has 2 unspecified atom stereocenters. The van der Waals surface area contributed by atoms with Crippen LogP contribution in [-0.4, -0.2) is 58.8 Å². The zero-order valence-electron chi connectivity index (χ0n) is 19.9. The van der Waals surface area contributed by atoms with Gasteiger partial charge in [-0.1, -0.05) is 18.2 Å². The zero-order chi connectivity index (χ0) is 24.6. The topological polar surface area (TPSA) is 132 Å². The van der Waals surface area contributed by atoms with Crippen LogP contribution in [0.1, 0.15) is 57.4 Å². The average molecular weight is 447 g/mol. The molecule has 176 valence electrons. The van der Waals surface area contributed by atoms with Gasteiger partial charge in [0.05, 0.1) is 12.7 Å². The third-order valence-electron chi connectivity index (χ3n) is 4.50. The van der Waals surface area contributed by atoms with Gasteiger partial charge in [0.25, 0.3) is 0 Å². The van der Waals surface area contributed by atoms with E-state index >= 15 is 0 Å². The lowest BCUT2D eigenvalue weighted by Gasteiger charge is -2.34. The number of aliphatic hydroxyl groups is 1. The van der Waals surface area contributed by atoms with Crippen molar-refractivity contribution in [2.24, 2.45) is 0 Å². The van der Waals surface area contributed by atoms with Gasteiger partial charge >= 0.3 is 6.09 Å². The SMILES string of the molecule is Cc1cccc(C)c1C(C(=O)NC(C)C)N(CC#N)C(=O)C(CO)NC(=O)OC(C)(C)C. The second-order valence-electron chi connectivity index (χ2n) is 8.88. The molecule has 0 aromatic heterocycles. The molecule has 0 heterocycles. The number of ether oxygens (including phenoxy) is 1. The van der Waals surface area contributed by atoms with E-state index in [0.717, 1.165) is 16.0 Å². The summed E-state index contributed by atoms with van der Waals surface area (Å²) in [6.45, 7) is 11.0. The van der Waals surface area contributed by atoms with E-state index in [1.54, 1.807) is 34.6 Å². The highest BCUT2D eigenvalue weighted by Gasteiger charge is 2.37. The van der Waals surface area contributed by atoms with Gasteiger partial charge in [0.2, 0.25) is 11.8 Å². The standard InChI is InChI=1S/C23H34N4O5/c1-14(2)25-20(29)19(18-15(3)9-8-10-16(18)4)27(12-11-24)21(30)17(13-28)26-22(31)32-23(5,6)7/h8-10,14,17,19,28H,12-13H2,1-7H3,(H,25,29)(H,26,31). The van der Waals surface area contributed by atoms with E-state index < -0.39 is 48.7 Å². The van der Waals surface area contributed by atoms with Crippen molar-refractivity contribution < 1.29 is 24.2 Å². The number of carbonyl (C=O) groups excluding carboxylic acids is 3. The van der Waals surface area contributed by atoms with Gasteiger partial charge in [-0.25, -0.2) is 4.79 Å². The summed E-state index contributed by atoms with van der Waals surface area (Å²) in [6, 6.07) is 4.66. The molecule has 32 heavy (non-hydrogen) atoms. The number of benzene rings is 1. The minimum absolute atomic E-state index is 0.207. The molecule has 1 rings (SSSR count). The molecule has 9 heteroatoms. The number of amides is 3. The van der Waals surface area contributed by atoms with E-state index in [1.807, 2.05) is 38.1 Å². The Morgan fingerprint density at radius 1 is 1.16 bits per heavy atom. The van der Waals surface area contributed by atoms with Crippen molar-refractivity contribution in [3.05, 3.63) is 34.9 Å². The quantitative estimate of drug-likeness (QED) is 0.524. The van der Waals surface area contributed by atoms with Crippen LogP contribution in [0.15, 0.2) is 18.2 Å². The fourth-order valence-electron chi connectivity index (χ4n) is 3.26. The summed E-state index contributed by atoms with van der Waals surface area (Å²) in [5.74, 6) is -1.23. The van der Waals surface area contributed by atoms with E-state index in [2.05, 4.69) is 10.6 Å². The number of hydrogen-bond donors (Lipinski definition) is 3. The Morgan fingerprint density at radius 2 is 1.72 bits per heavy atom. The maximum atomic E-state index is 13.4. The molecule has 0 radical (unpaired) electrons. The molecular formula is C23H34N4O5. The van der Waals surface area contributed by atoms with Gasteiger partial charge < -0.3 is 25.4 Å². The first-order valence-corrected chi connectivity index (χ1v) is 10.5. The van der Waals surface area contributed by atoms with Crippen LogP contribution >= 0.6 is 0 Å². The Kier molecular flexibility index (Phi) is 9.66. The van der Waals surface area contributed by atoms with Gasteiger partial charge in [0, 0.05) is 6.04 Å². The number of nitrogens with one attached hydrogen (secondary N) is 2. The molecule has 3 amide bonds. The van der Waals surface area contributed by atoms with E-state index in [1.165, 1.54) is 0 Å². The largest absolute Gasteiger partial charge is 0.444 e. The lowest BCUT2D eigenvalue weighted by molar-refractivity contribution is -0.142. The first-order valence-electron chi connectivity index (χ1n) is 10.5. The van der Waals surface area contributed by atoms with Crippen LogP contribution in [0.4, 0.5) is 4.79 Å². The third kappa shape index (κ3) is 7.54. The predicted octanol–water partition coefficient (Wildman–Crippen LogP) is 2.11. The molecule has 0 aliphatic rings. The molecule has 1 aromatic carbocycles. The number of nitriles is 1. The van der Waals surface area contributed by atoms with Crippen molar-refractivity contribution in [1.29, 1.82) is 5.26 Å². The molecule has 0 spiro atoms. The fraction of sp³-hybridized carbons (Fsp3) is 0.565. The zero-order valence-corrected chi connectivity index (χ0v) is 19.9. The Morgan fingerprint density at radius 3 is 2.16 bits per heavy atom. The molecule has 0 bridgehead atoms. The lowest BCUT2D eigenvalue weighted by atomic mass is 9.93.